The predicted octanol–water partition coefficient (Wildman–Crippen LogP) is 3.09. The van der Waals surface area contributed by atoms with Crippen molar-refractivity contribution in [2.24, 2.45) is 11.8 Å². The van der Waals surface area contributed by atoms with Crippen molar-refractivity contribution >= 4 is 33.8 Å². The molecule has 6 nitrogen and oxygen atoms in total. The lowest BCUT2D eigenvalue weighted by Crippen LogP contribution is -2.41. The smallest absolute Gasteiger partial charge is 0.334 e. The molecule has 0 aromatic carbocycles. The second-order valence-electron chi connectivity index (χ2n) is 6.80. The van der Waals surface area contributed by atoms with Crippen LogP contribution in [0.15, 0.2) is 23.3 Å². The van der Waals surface area contributed by atoms with Crippen molar-refractivity contribution in [3.8, 4) is 0 Å². The van der Waals surface area contributed by atoms with E-state index in [0.717, 1.165) is 17.6 Å². The van der Waals surface area contributed by atoms with Gasteiger partial charge in [-0.3, -0.25) is 9.59 Å². The second kappa shape index (κ2) is 8.84. The molecule has 0 N–H and O–H groups in total. The summed E-state index contributed by atoms with van der Waals surface area (Å²) in [5, 5.41) is 0.613. The number of carbonyl (C=O) groups excluding carboxylic acids is 3. The van der Waals surface area contributed by atoms with Crippen LogP contribution in [0.2, 0.25) is 0 Å². The summed E-state index contributed by atoms with van der Waals surface area (Å²) in [4.78, 5) is 34.6. The van der Waals surface area contributed by atoms with Gasteiger partial charge in [0, 0.05) is 31.2 Å². The molecule has 0 aromatic rings. The first-order chi connectivity index (χ1) is 12.3. The van der Waals surface area contributed by atoms with E-state index in [9.17, 15) is 14.4 Å². The third-order valence-corrected chi connectivity index (χ3v) is 5.56. The Morgan fingerprint density at radius 2 is 2.04 bits per heavy atom. The minimum Gasteiger partial charge on any atom is -0.466 e. The lowest BCUT2D eigenvalue weighted by Gasteiger charge is -2.37. The van der Waals surface area contributed by atoms with Crippen molar-refractivity contribution in [3.05, 3.63) is 23.3 Å². The number of ether oxygens (including phenoxy) is 3. The number of carbonyl (C=O) groups is 3. The molecule has 1 aliphatic carbocycles. The van der Waals surface area contributed by atoms with Gasteiger partial charge >= 0.3 is 17.9 Å². The fraction of sp³-hybridized carbons (Fsp3) is 0.632. The molecule has 2 rings (SSSR count). The third kappa shape index (κ3) is 4.55. The van der Waals surface area contributed by atoms with Crippen LogP contribution >= 0.6 is 15.9 Å². The molecule has 7 heteroatoms. The van der Waals surface area contributed by atoms with Crippen molar-refractivity contribution in [1.82, 2.24) is 0 Å². The minimum atomic E-state index is -0.554. The number of halogens is 1. The highest BCUT2D eigenvalue weighted by atomic mass is 79.9. The molecule has 0 aromatic heterocycles. The zero-order valence-corrected chi connectivity index (χ0v) is 17.0. The highest BCUT2D eigenvalue weighted by Gasteiger charge is 2.50. The van der Waals surface area contributed by atoms with Gasteiger partial charge in [-0.25, -0.2) is 4.79 Å². The average molecular weight is 429 g/mol. The van der Waals surface area contributed by atoms with E-state index in [1.807, 2.05) is 0 Å². The molecule has 1 aliphatic heterocycles. The molecule has 4 atom stereocenters. The molecule has 0 bridgehead atoms. The summed E-state index contributed by atoms with van der Waals surface area (Å²) in [6.45, 7) is 9.02. The van der Waals surface area contributed by atoms with Crippen LogP contribution < -0.4 is 0 Å². The zero-order chi connectivity index (χ0) is 19.4. The third-order valence-electron chi connectivity index (χ3n) is 4.88. The van der Waals surface area contributed by atoms with E-state index in [0.29, 0.717) is 30.4 Å². The van der Waals surface area contributed by atoms with E-state index < -0.39 is 18.0 Å². The second-order valence-corrected chi connectivity index (χ2v) is 7.37. The van der Waals surface area contributed by atoms with E-state index >= 15 is 0 Å². The number of alkyl halides is 1. The molecule has 1 saturated heterocycles. The van der Waals surface area contributed by atoms with Gasteiger partial charge in [0.25, 0.3) is 0 Å². The quantitative estimate of drug-likeness (QED) is 0.155. The van der Waals surface area contributed by atoms with Crippen molar-refractivity contribution < 1.29 is 28.6 Å². The van der Waals surface area contributed by atoms with Crippen molar-refractivity contribution in [1.29, 1.82) is 0 Å². The van der Waals surface area contributed by atoms with E-state index in [-0.39, 0.29) is 23.9 Å². The molecule has 0 saturated carbocycles. The maximum Gasteiger partial charge on any atom is 0.334 e. The Kier molecular flexibility index (Phi) is 7.03. The van der Waals surface area contributed by atoms with Gasteiger partial charge in [0.05, 0.1) is 12.5 Å². The Labute approximate surface area is 162 Å². The van der Waals surface area contributed by atoms with Crippen LogP contribution in [0.1, 0.15) is 40.0 Å². The lowest BCUT2D eigenvalue weighted by molar-refractivity contribution is -0.149. The van der Waals surface area contributed by atoms with Crippen LogP contribution in [-0.2, 0) is 28.6 Å². The maximum absolute atomic E-state index is 12.0. The molecular weight excluding hydrogens is 404 g/mol. The first-order valence-electron chi connectivity index (χ1n) is 8.74. The highest BCUT2D eigenvalue weighted by molar-refractivity contribution is 9.09. The Balaban J connectivity index is 2.25. The van der Waals surface area contributed by atoms with E-state index in [1.165, 1.54) is 13.8 Å². The van der Waals surface area contributed by atoms with Gasteiger partial charge in [-0.15, -0.1) is 0 Å². The van der Waals surface area contributed by atoms with Crippen LogP contribution in [0, 0.1) is 11.8 Å². The number of hydrogen-bond donors (Lipinski definition) is 0. The first kappa shape index (κ1) is 20.7. The fourth-order valence-electron chi connectivity index (χ4n) is 3.79. The summed E-state index contributed by atoms with van der Waals surface area (Å²) in [6.07, 6.45) is 1.18. The molecule has 26 heavy (non-hydrogen) atoms. The van der Waals surface area contributed by atoms with E-state index in [2.05, 4.69) is 29.4 Å². The lowest BCUT2D eigenvalue weighted by atomic mass is 9.73. The van der Waals surface area contributed by atoms with Crippen molar-refractivity contribution in [2.75, 3.05) is 11.9 Å². The number of rotatable bonds is 7. The maximum atomic E-state index is 12.0. The van der Waals surface area contributed by atoms with Gasteiger partial charge in [0.2, 0.25) is 0 Å². The summed E-state index contributed by atoms with van der Waals surface area (Å²) in [6, 6.07) is 0. The van der Waals surface area contributed by atoms with Gasteiger partial charge < -0.3 is 14.2 Å². The van der Waals surface area contributed by atoms with E-state index in [4.69, 9.17) is 14.2 Å². The standard InChI is InChI=1S/C19H25BrO6/c1-10(6-5-7-24-12(3)21)16-14(9-20)8-15-17(11(2)19(23)26-15)18(16)25-13(4)22/h10,15,17-18H,2,5-9H2,1,3-4H3/t10-,15+,17+,18+/m0/s1. The number of hydrogen-bond acceptors (Lipinski definition) is 6. The van der Waals surface area contributed by atoms with Crippen molar-refractivity contribution in [2.45, 2.75) is 52.2 Å². The molecular formula is C19H25BrO6. The van der Waals surface area contributed by atoms with E-state index in [1.54, 1.807) is 0 Å². The van der Waals surface area contributed by atoms with Crippen LogP contribution in [-0.4, -0.2) is 42.1 Å². The molecule has 1 fully saturated rings. The normalized spacial score (nSPS) is 26.2. The van der Waals surface area contributed by atoms with Crippen LogP contribution in [0.4, 0.5) is 0 Å². The Bertz CT molecular complexity index is 638. The predicted molar refractivity (Wildman–Crippen MR) is 98.5 cm³/mol. The first-order valence-corrected chi connectivity index (χ1v) is 9.86. The SMILES string of the molecule is C=C1C(=O)O[C@@H]2CC(CBr)=C([C@@H](C)CCCOC(C)=O)[C@@H](OC(C)=O)[C@H]12. The molecule has 2 aliphatic rings. The number of fused-ring (bicyclic) bond motifs is 1. The highest BCUT2D eigenvalue weighted by Crippen LogP contribution is 2.45. The molecule has 0 amide bonds. The fourth-order valence-corrected chi connectivity index (χ4v) is 4.34. The molecule has 144 valence electrons. The largest absolute Gasteiger partial charge is 0.466 e. The summed E-state index contributed by atoms with van der Waals surface area (Å²) in [5.41, 5.74) is 2.46. The van der Waals surface area contributed by atoms with Crippen LogP contribution in [0.5, 0.6) is 0 Å². The van der Waals surface area contributed by atoms with Crippen LogP contribution in [0.3, 0.4) is 0 Å². The molecule has 0 spiro atoms. The monoisotopic (exact) mass is 428 g/mol. The Hall–Kier alpha value is -1.63. The molecule has 0 radical (unpaired) electrons. The van der Waals surface area contributed by atoms with Gasteiger partial charge in [0.1, 0.15) is 12.2 Å². The average Bonchev–Trinajstić information content (AvgIpc) is 2.84. The van der Waals surface area contributed by atoms with Gasteiger partial charge in [-0.2, -0.15) is 0 Å². The summed E-state index contributed by atoms with van der Waals surface area (Å²) < 4.78 is 16.1. The Morgan fingerprint density at radius 1 is 1.35 bits per heavy atom. The summed E-state index contributed by atoms with van der Waals surface area (Å²) in [5.74, 6) is -1.36. The number of esters is 3. The Morgan fingerprint density at radius 3 is 2.62 bits per heavy atom. The zero-order valence-electron chi connectivity index (χ0n) is 15.4. The van der Waals surface area contributed by atoms with Gasteiger partial charge in [-0.1, -0.05) is 35.0 Å². The summed E-state index contributed by atoms with van der Waals surface area (Å²) in [7, 11) is 0. The minimum absolute atomic E-state index is 0.104. The molecule has 1 heterocycles. The van der Waals surface area contributed by atoms with Gasteiger partial charge in [-0.05, 0) is 24.3 Å². The van der Waals surface area contributed by atoms with Gasteiger partial charge in [0.15, 0.2) is 0 Å². The molecule has 0 unspecified atom stereocenters. The van der Waals surface area contributed by atoms with Crippen molar-refractivity contribution in [3.63, 3.8) is 0 Å². The summed E-state index contributed by atoms with van der Waals surface area (Å²) >= 11 is 3.51. The van der Waals surface area contributed by atoms with Crippen LogP contribution in [0.25, 0.3) is 0 Å². The topological polar surface area (TPSA) is 78.9 Å².